The van der Waals surface area contributed by atoms with Gasteiger partial charge in [0.1, 0.15) is 0 Å². The third-order valence-electron chi connectivity index (χ3n) is 4.75. The Labute approximate surface area is 158 Å². The minimum atomic E-state index is -2.15. The molecular weight excluding hydrogens is 508 g/mol. The van der Waals surface area contributed by atoms with Gasteiger partial charge in [0.15, 0.2) is 0 Å². The number of likely N-dealkylation sites (tertiary alicyclic amines) is 1. The molecule has 0 radical (unpaired) electrons. The molecule has 1 saturated heterocycles. The Balaban J connectivity index is 3.20. The van der Waals surface area contributed by atoms with Gasteiger partial charge in [-0.05, 0) is 0 Å². The standard InChI is InChI=1S/C14H19NO.6CH3.2Sn/c1-4-7-12(8-5-2)15-13(9-6-3)10-11-14(15)16;;;;;;;;/h3,7,12-13H,1,5,8-11H2,2H3;6*1H3;;. The van der Waals surface area contributed by atoms with Crippen LogP contribution >= 0.6 is 0 Å². The molecule has 0 N–H and O–H groups in total. The Bertz CT molecular complexity index is 505. The third-order valence-corrected chi connectivity index (χ3v) is 18.2. The summed E-state index contributed by atoms with van der Waals surface area (Å²) in [7, 11) is 0. The first kappa shape index (κ1) is 22.4. The van der Waals surface area contributed by atoms with Crippen LogP contribution in [0.1, 0.15) is 39.0 Å². The predicted molar refractivity (Wildman–Crippen MR) is 112 cm³/mol. The molecule has 0 bridgehead atoms. The van der Waals surface area contributed by atoms with E-state index in [1.165, 1.54) is 4.44 Å². The van der Waals surface area contributed by atoms with Gasteiger partial charge in [-0.15, -0.1) is 0 Å². The van der Waals surface area contributed by atoms with Crippen molar-refractivity contribution in [3.8, 4) is 12.3 Å². The van der Waals surface area contributed by atoms with E-state index in [-0.39, 0.29) is 12.1 Å². The van der Waals surface area contributed by atoms with E-state index >= 15 is 0 Å². The van der Waals surface area contributed by atoms with Gasteiger partial charge in [0.2, 0.25) is 0 Å². The second-order valence-electron chi connectivity index (χ2n) is 9.44. The summed E-state index contributed by atoms with van der Waals surface area (Å²) in [6.07, 6.45) is 12.6. The van der Waals surface area contributed by atoms with Gasteiger partial charge in [0.05, 0.1) is 0 Å². The van der Waals surface area contributed by atoms with Gasteiger partial charge in [-0.2, -0.15) is 0 Å². The van der Waals surface area contributed by atoms with Gasteiger partial charge < -0.3 is 0 Å². The maximum atomic E-state index is 12.6. The van der Waals surface area contributed by atoms with E-state index < -0.39 is 36.8 Å². The van der Waals surface area contributed by atoms with Gasteiger partial charge in [-0.25, -0.2) is 0 Å². The Morgan fingerprint density at radius 2 is 1.96 bits per heavy atom. The molecule has 1 amide bonds. The van der Waals surface area contributed by atoms with Gasteiger partial charge in [-0.3, -0.25) is 0 Å². The third kappa shape index (κ3) is 6.94. The summed E-state index contributed by atoms with van der Waals surface area (Å²) in [4.78, 5) is 29.8. The van der Waals surface area contributed by atoms with Crippen molar-refractivity contribution in [2.75, 3.05) is 0 Å². The first-order valence-electron chi connectivity index (χ1n) is 9.45. The summed E-state index contributed by atoms with van der Waals surface area (Å²) in [6.45, 7) is 2.22. The van der Waals surface area contributed by atoms with Crippen molar-refractivity contribution in [1.29, 1.82) is 0 Å². The molecule has 0 aromatic carbocycles. The van der Waals surface area contributed by atoms with E-state index in [9.17, 15) is 4.79 Å². The number of hydrogen-bond acceptors (Lipinski definition) is 1. The quantitative estimate of drug-likeness (QED) is 0.300. The molecule has 2 atom stereocenters. The average molecular weight is 545 g/mol. The zero-order valence-corrected chi connectivity index (χ0v) is 22.6. The predicted octanol–water partition coefficient (Wildman–Crippen LogP) is 5.31. The molecule has 4 heteroatoms. The van der Waals surface area contributed by atoms with Crippen LogP contribution in [0.3, 0.4) is 0 Å². The van der Waals surface area contributed by atoms with Crippen LogP contribution in [0.5, 0.6) is 0 Å². The molecule has 24 heavy (non-hydrogen) atoms. The fourth-order valence-electron chi connectivity index (χ4n) is 3.53. The van der Waals surface area contributed by atoms with E-state index in [1.54, 1.807) is 3.59 Å². The van der Waals surface area contributed by atoms with E-state index in [1.807, 2.05) is 0 Å². The molecule has 0 aromatic rings. The Hall–Kier alpha value is 0.367. The number of hydrogen-bond donors (Lipinski definition) is 0. The Morgan fingerprint density at radius 3 is 2.42 bits per heavy atom. The van der Waals surface area contributed by atoms with Gasteiger partial charge in [0.25, 0.3) is 0 Å². The van der Waals surface area contributed by atoms with E-state index in [0.29, 0.717) is 18.7 Å². The minimum absolute atomic E-state index is 0.255. The molecule has 1 rings (SSSR count). The molecule has 2 nitrogen and oxygen atoms in total. The van der Waals surface area contributed by atoms with Gasteiger partial charge in [0, 0.05) is 0 Å². The Morgan fingerprint density at radius 1 is 1.33 bits per heavy atom. The molecule has 136 valence electrons. The van der Waals surface area contributed by atoms with Crippen LogP contribution < -0.4 is 0 Å². The van der Waals surface area contributed by atoms with E-state index in [2.05, 4.69) is 53.5 Å². The number of rotatable bonds is 8. The molecular formula is C20H37NOSn2. The van der Waals surface area contributed by atoms with Crippen molar-refractivity contribution in [3.63, 3.8) is 0 Å². The van der Waals surface area contributed by atoms with Gasteiger partial charge >= 0.3 is 160 Å². The van der Waals surface area contributed by atoms with Crippen LogP contribution in [-0.2, 0) is 4.79 Å². The molecule has 0 aliphatic carbocycles. The summed E-state index contributed by atoms with van der Waals surface area (Å²) < 4.78 is 3.11. The number of terminal acetylenes is 1. The average Bonchev–Trinajstić information content (AvgIpc) is 2.76. The number of carbonyl (C=O) groups excluding carboxylic acids is 1. The SMILES string of the molecule is C#CCC1CCC(=O)N1C(/C=[C](\[CH2][Sn]([CH3])([CH3])[CH3])[Sn]([CH3])([CH3])[CH3])CCC. The van der Waals surface area contributed by atoms with E-state index in [4.69, 9.17) is 6.42 Å². The first-order chi connectivity index (χ1) is 11.0. The second kappa shape index (κ2) is 9.35. The molecule has 1 aliphatic heterocycles. The number of carbonyl (C=O) groups is 1. The second-order valence-corrected chi connectivity index (χ2v) is 39.7. The van der Waals surface area contributed by atoms with Crippen molar-refractivity contribution in [3.05, 3.63) is 9.67 Å². The van der Waals surface area contributed by atoms with Crippen LogP contribution in [0.25, 0.3) is 0 Å². The van der Waals surface area contributed by atoms with Crippen molar-refractivity contribution in [1.82, 2.24) is 4.90 Å². The zero-order valence-electron chi connectivity index (χ0n) is 16.9. The van der Waals surface area contributed by atoms with Crippen molar-refractivity contribution < 1.29 is 4.79 Å². The Kier molecular flexibility index (Phi) is 8.73. The first-order valence-corrected chi connectivity index (χ1v) is 30.0. The molecule has 0 spiro atoms. The number of allylic oxidation sites excluding steroid dienone is 1. The van der Waals surface area contributed by atoms with Crippen LogP contribution in [0.4, 0.5) is 0 Å². The number of amides is 1. The van der Waals surface area contributed by atoms with Gasteiger partial charge in [-0.1, -0.05) is 0 Å². The molecule has 1 aliphatic rings. The summed E-state index contributed by atoms with van der Waals surface area (Å²) in [6, 6.07) is 0.521. The normalized spacial score (nSPS) is 21.1. The van der Waals surface area contributed by atoms with Crippen LogP contribution in [0, 0.1) is 12.3 Å². The monoisotopic (exact) mass is 547 g/mol. The fraction of sp³-hybridized carbons (Fsp3) is 0.750. The maximum absolute atomic E-state index is 12.6. The summed E-state index contributed by atoms with van der Waals surface area (Å²) in [5.74, 6) is 3.10. The van der Waals surface area contributed by atoms with Crippen molar-refractivity contribution in [2.24, 2.45) is 0 Å². The van der Waals surface area contributed by atoms with Crippen LogP contribution in [0.15, 0.2) is 9.67 Å². The molecule has 1 heterocycles. The van der Waals surface area contributed by atoms with Crippen LogP contribution in [-0.4, -0.2) is 59.6 Å². The summed E-state index contributed by atoms with van der Waals surface area (Å²) >= 11 is -4.06. The molecule has 1 fully saturated rings. The molecule has 2 unspecified atom stereocenters. The molecule has 0 saturated carbocycles. The van der Waals surface area contributed by atoms with Crippen LogP contribution in [0.2, 0.25) is 34.1 Å². The topological polar surface area (TPSA) is 20.3 Å². The number of nitrogens with zero attached hydrogens (tertiary/aromatic N) is 1. The van der Waals surface area contributed by atoms with E-state index in [0.717, 1.165) is 19.3 Å². The summed E-state index contributed by atoms with van der Waals surface area (Å²) in [5.41, 5.74) is 0. The van der Waals surface area contributed by atoms with Crippen molar-refractivity contribution >= 4 is 42.7 Å². The molecule has 0 aromatic heterocycles. The summed E-state index contributed by atoms with van der Waals surface area (Å²) in [5, 5.41) is 0. The zero-order chi connectivity index (χ0) is 18.5. The fourth-order valence-corrected chi connectivity index (χ4v) is 30.9. The van der Waals surface area contributed by atoms with Crippen molar-refractivity contribution in [2.45, 2.75) is 85.2 Å².